The molecular weight excluding hydrogens is 285 g/mol. The van der Waals surface area contributed by atoms with Gasteiger partial charge in [0.25, 0.3) is 0 Å². The van der Waals surface area contributed by atoms with Gasteiger partial charge in [-0.1, -0.05) is 36.7 Å². The van der Waals surface area contributed by atoms with Crippen LogP contribution in [0.2, 0.25) is 5.02 Å². The van der Waals surface area contributed by atoms with Crippen molar-refractivity contribution < 1.29 is 4.39 Å². The van der Waals surface area contributed by atoms with Crippen LogP contribution >= 0.6 is 11.6 Å². The molecule has 1 unspecified atom stereocenters. The zero-order chi connectivity index (χ0) is 15.4. The van der Waals surface area contributed by atoms with Crippen LogP contribution in [0.5, 0.6) is 0 Å². The molecule has 0 amide bonds. The third-order valence-corrected chi connectivity index (χ3v) is 4.05. The lowest BCUT2D eigenvalue weighted by molar-refractivity contribution is 0.527. The second-order valence-corrected chi connectivity index (χ2v) is 5.83. The fourth-order valence-electron chi connectivity index (χ4n) is 2.46. The summed E-state index contributed by atoms with van der Waals surface area (Å²) >= 11 is 5.98. The molecule has 0 fully saturated rings. The van der Waals surface area contributed by atoms with Crippen molar-refractivity contribution >= 4 is 11.6 Å². The van der Waals surface area contributed by atoms with Gasteiger partial charge in [0, 0.05) is 11.1 Å². The Labute approximate surface area is 131 Å². The maximum absolute atomic E-state index is 13.9. The van der Waals surface area contributed by atoms with Gasteiger partial charge in [-0.2, -0.15) is 0 Å². The van der Waals surface area contributed by atoms with Crippen molar-refractivity contribution in [2.75, 3.05) is 6.54 Å². The zero-order valence-electron chi connectivity index (χ0n) is 12.7. The molecule has 112 valence electrons. The van der Waals surface area contributed by atoms with Crippen LogP contribution in [0.3, 0.4) is 0 Å². The Hall–Kier alpha value is -1.38. The molecule has 0 aliphatic carbocycles. The number of aryl methyl sites for hydroxylation is 2. The fourth-order valence-corrected chi connectivity index (χ4v) is 2.65. The van der Waals surface area contributed by atoms with Gasteiger partial charge in [-0.25, -0.2) is 4.39 Å². The van der Waals surface area contributed by atoms with Crippen LogP contribution in [-0.4, -0.2) is 6.54 Å². The van der Waals surface area contributed by atoms with Crippen molar-refractivity contribution in [2.45, 2.75) is 33.2 Å². The summed E-state index contributed by atoms with van der Waals surface area (Å²) in [5.41, 5.74) is 4.34. The summed E-state index contributed by atoms with van der Waals surface area (Å²) in [6, 6.07) is 11.2. The minimum Gasteiger partial charge on any atom is -0.310 e. The minimum absolute atomic E-state index is 0.0854. The zero-order valence-corrected chi connectivity index (χ0v) is 13.5. The van der Waals surface area contributed by atoms with Crippen molar-refractivity contribution in [1.29, 1.82) is 0 Å². The number of hydrogen-bond acceptors (Lipinski definition) is 1. The second-order valence-electron chi connectivity index (χ2n) is 5.39. The number of halogens is 2. The Kier molecular flexibility index (Phi) is 5.38. The third-order valence-electron chi connectivity index (χ3n) is 3.82. The Bertz CT molecular complexity index is 625. The van der Waals surface area contributed by atoms with Gasteiger partial charge in [-0.05, 0) is 67.3 Å². The van der Waals surface area contributed by atoms with E-state index in [4.69, 9.17) is 11.6 Å². The van der Waals surface area contributed by atoms with E-state index in [0.29, 0.717) is 17.0 Å². The molecule has 0 aliphatic rings. The molecule has 1 nitrogen and oxygen atoms in total. The summed E-state index contributed by atoms with van der Waals surface area (Å²) in [4.78, 5) is 0. The van der Waals surface area contributed by atoms with Crippen molar-refractivity contribution in [3.8, 4) is 0 Å². The Balaban J connectivity index is 2.30. The highest BCUT2D eigenvalue weighted by molar-refractivity contribution is 6.30. The van der Waals surface area contributed by atoms with Crippen molar-refractivity contribution in [3.05, 3.63) is 69.5 Å². The molecule has 2 rings (SSSR count). The van der Waals surface area contributed by atoms with E-state index < -0.39 is 0 Å². The highest BCUT2D eigenvalue weighted by atomic mass is 35.5. The maximum atomic E-state index is 13.9. The van der Waals surface area contributed by atoms with Crippen molar-refractivity contribution in [3.63, 3.8) is 0 Å². The molecule has 0 aliphatic heterocycles. The smallest absolute Gasteiger partial charge is 0.126 e. The standard InChI is InChI=1S/C18H21ClFN/c1-4-21-18(14-6-5-12(2)13(3)9-14)11-15-10-16(19)7-8-17(15)20/h5-10,18,21H,4,11H2,1-3H3. The van der Waals surface area contributed by atoms with E-state index in [2.05, 4.69) is 44.3 Å². The van der Waals surface area contributed by atoms with Gasteiger partial charge in [0.15, 0.2) is 0 Å². The highest BCUT2D eigenvalue weighted by Crippen LogP contribution is 2.24. The molecule has 0 aromatic heterocycles. The predicted molar refractivity (Wildman–Crippen MR) is 87.4 cm³/mol. The normalized spacial score (nSPS) is 12.4. The quantitative estimate of drug-likeness (QED) is 0.820. The number of nitrogens with one attached hydrogen (secondary N) is 1. The lowest BCUT2D eigenvalue weighted by Gasteiger charge is -2.20. The summed E-state index contributed by atoms with van der Waals surface area (Å²) in [6.45, 7) is 7.09. The number of hydrogen-bond donors (Lipinski definition) is 1. The molecular formula is C18H21ClFN. The molecule has 2 aromatic rings. The largest absolute Gasteiger partial charge is 0.310 e. The molecule has 0 spiro atoms. The van der Waals surface area contributed by atoms with Crippen LogP contribution < -0.4 is 5.32 Å². The van der Waals surface area contributed by atoms with Crippen LogP contribution in [0.15, 0.2) is 36.4 Å². The number of likely N-dealkylation sites (N-methyl/N-ethyl adjacent to an activating group) is 1. The SMILES string of the molecule is CCNC(Cc1cc(Cl)ccc1F)c1ccc(C)c(C)c1. The molecule has 0 saturated carbocycles. The first-order chi connectivity index (χ1) is 10.0. The first-order valence-corrected chi connectivity index (χ1v) is 7.63. The highest BCUT2D eigenvalue weighted by Gasteiger charge is 2.14. The first-order valence-electron chi connectivity index (χ1n) is 7.25. The summed E-state index contributed by atoms with van der Waals surface area (Å²) < 4.78 is 13.9. The number of rotatable bonds is 5. The monoisotopic (exact) mass is 305 g/mol. The van der Waals surface area contributed by atoms with Gasteiger partial charge < -0.3 is 5.32 Å². The van der Waals surface area contributed by atoms with Gasteiger partial charge in [-0.3, -0.25) is 0 Å². The topological polar surface area (TPSA) is 12.0 Å². The molecule has 21 heavy (non-hydrogen) atoms. The van der Waals surface area contributed by atoms with E-state index in [1.165, 1.54) is 22.8 Å². The van der Waals surface area contributed by atoms with Crippen LogP contribution in [-0.2, 0) is 6.42 Å². The molecule has 0 bridgehead atoms. The third kappa shape index (κ3) is 4.05. The lowest BCUT2D eigenvalue weighted by atomic mass is 9.95. The Morgan fingerprint density at radius 2 is 1.86 bits per heavy atom. The van der Waals surface area contributed by atoms with Crippen molar-refractivity contribution in [2.24, 2.45) is 0 Å². The summed E-state index contributed by atoms with van der Waals surface area (Å²) in [5.74, 6) is -0.203. The molecule has 0 heterocycles. The molecule has 1 atom stereocenters. The van der Waals surface area contributed by atoms with Gasteiger partial charge in [0.05, 0.1) is 0 Å². The fraction of sp³-hybridized carbons (Fsp3) is 0.333. The molecule has 0 radical (unpaired) electrons. The van der Waals surface area contributed by atoms with E-state index in [9.17, 15) is 4.39 Å². The summed E-state index contributed by atoms with van der Waals surface area (Å²) in [5, 5.41) is 4.00. The molecule has 2 aromatic carbocycles. The van der Waals surface area contributed by atoms with Crippen LogP contribution in [0.25, 0.3) is 0 Å². The van der Waals surface area contributed by atoms with Gasteiger partial charge in [0.2, 0.25) is 0 Å². The van der Waals surface area contributed by atoms with Crippen LogP contribution in [0.4, 0.5) is 4.39 Å². The van der Waals surface area contributed by atoms with Crippen molar-refractivity contribution in [1.82, 2.24) is 5.32 Å². The maximum Gasteiger partial charge on any atom is 0.126 e. The molecule has 3 heteroatoms. The second kappa shape index (κ2) is 7.06. The van der Waals surface area contributed by atoms with Gasteiger partial charge >= 0.3 is 0 Å². The van der Waals surface area contributed by atoms with E-state index in [-0.39, 0.29) is 11.9 Å². The average molecular weight is 306 g/mol. The summed E-state index contributed by atoms with van der Waals surface area (Å²) in [6.07, 6.45) is 0.586. The minimum atomic E-state index is -0.203. The Morgan fingerprint density at radius 1 is 1.10 bits per heavy atom. The number of benzene rings is 2. The van der Waals surface area contributed by atoms with Crippen LogP contribution in [0, 0.1) is 19.7 Å². The lowest BCUT2D eigenvalue weighted by Crippen LogP contribution is -2.23. The summed E-state index contributed by atoms with van der Waals surface area (Å²) in [7, 11) is 0. The molecule has 1 N–H and O–H groups in total. The first kappa shape index (κ1) is 16.0. The van der Waals surface area contributed by atoms with Crippen LogP contribution in [0.1, 0.15) is 35.2 Å². The predicted octanol–water partition coefficient (Wildman–Crippen LogP) is 4.99. The van der Waals surface area contributed by atoms with E-state index in [1.807, 2.05) is 0 Å². The van der Waals surface area contributed by atoms with Gasteiger partial charge in [-0.15, -0.1) is 0 Å². The van der Waals surface area contributed by atoms with E-state index in [1.54, 1.807) is 12.1 Å². The molecule has 0 saturated heterocycles. The van der Waals surface area contributed by atoms with E-state index >= 15 is 0 Å². The van der Waals surface area contributed by atoms with E-state index in [0.717, 1.165) is 6.54 Å². The van der Waals surface area contributed by atoms with Gasteiger partial charge in [0.1, 0.15) is 5.82 Å². The average Bonchev–Trinajstić information content (AvgIpc) is 2.45. The Morgan fingerprint density at radius 3 is 2.52 bits per heavy atom.